The van der Waals surface area contributed by atoms with Crippen molar-refractivity contribution in [3.63, 3.8) is 0 Å². The number of aliphatic hydroxyl groups excluding tert-OH is 1. The lowest BCUT2D eigenvalue weighted by atomic mass is 9.79. The van der Waals surface area contributed by atoms with Gasteiger partial charge >= 0.3 is 0 Å². The van der Waals surface area contributed by atoms with Crippen LogP contribution in [0.2, 0.25) is 0 Å². The van der Waals surface area contributed by atoms with Gasteiger partial charge in [-0.1, -0.05) is 32.6 Å². The van der Waals surface area contributed by atoms with Crippen LogP contribution in [0.25, 0.3) is 0 Å². The molecule has 1 heterocycles. The van der Waals surface area contributed by atoms with Crippen molar-refractivity contribution in [2.45, 2.75) is 70.8 Å². The second-order valence-electron chi connectivity index (χ2n) is 6.07. The van der Waals surface area contributed by atoms with E-state index in [-0.39, 0.29) is 11.8 Å². The van der Waals surface area contributed by atoms with Crippen LogP contribution >= 0.6 is 0 Å². The Bertz CT molecular complexity index is 345. The highest BCUT2D eigenvalue weighted by atomic mass is 16.3. The van der Waals surface area contributed by atoms with Gasteiger partial charge in [0.15, 0.2) is 0 Å². The average Bonchev–Trinajstić information content (AvgIpc) is 2.59. The minimum Gasteiger partial charge on any atom is -0.393 e. The van der Waals surface area contributed by atoms with Gasteiger partial charge in [0.05, 0.1) is 11.5 Å². The van der Waals surface area contributed by atoms with E-state index in [2.05, 4.69) is 0 Å². The van der Waals surface area contributed by atoms with E-state index in [1.165, 1.54) is 17.7 Å². The molecule has 1 atom stereocenters. The molecule has 0 aromatic carbocycles. The molecular formula is C15H25NO3. The molecule has 0 radical (unpaired) electrons. The van der Waals surface area contributed by atoms with Gasteiger partial charge < -0.3 is 5.11 Å². The Morgan fingerprint density at radius 1 is 1.21 bits per heavy atom. The molecule has 1 aliphatic heterocycles. The van der Waals surface area contributed by atoms with Gasteiger partial charge in [-0.15, -0.1) is 0 Å². The molecule has 2 fully saturated rings. The second-order valence-corrected chi connectivity index (χ2v) is 6.07. The quantitative estimate of drug-likeness (QED) is 0.795. The molecule has 2 rings (SSSR count). The predicted molar refractivity (Wildman–Crippen MR) is 72.4 cm³/mol. The van der Waals surface area contributed by atoms with E-state index < -0.39 is 11.5 Å². The molecule has 2 aliphatic rings. The number of aliphatic hydroxyl groups is 1. The van der Waals surface area contributed by atoms with Crippen molar-refractivity contribution in [1.29, 1.82) is 0 Å². The van der Waals surface area contributed by atoms with E-state index in [0.717, 1.165) is 25.7 Å². The minimum atomic E-state index is -0.411. The summed E-state index contributed by atoms with van der Waals surface area (Å²) in [5.41, 5.74) is -0.398. The first-order valence-corrected chi connectivity index (χ1v) is 7.62. The van der Waals surface area contributed by atoms with Crippen LogP contribution in [-0.2, 0) is 9.59 Å². The minimum absolute atomic E-state index is 0.0303. The molecule has 0 bridgehead atoms. The van der Waals surface area contributed by atoms with Gasteiger partial charge in [0.2, 0.25) is 11.8 Å². The van der Waals surface area contributed by atoms with E-state index in [9.17, 15) is 14.7 Å². The van der Waals surface area contributed by atoms with Gasteiger partial charge in [-0.2, -0.15) is 0 Å². The Balaban J connectivity index is 2.02. The summed E-state index contributed by atoms with van der Waals surface area (Å²) in [6.07, 6.45) is 7.37. The summed E-state index contributed by atoms with van der Waals surface area (Å²) in [6, 6.07) is 0. The van der Waals surface area contributed by atoms with Crippen LogP contribution in [0.5, 0.6) is 0 Å². The molecule has 2 amide bonds. The molecule has 1 spiro atoms. The molecule has 1 aliphatic carbocycles. The number of carbonyl (C=O) groups is 2. The van der Waals surface area contributed by atoms with Crippen molar-refractivity contribution in [3.8, 4) is 0 Å². The van der Waals surface area contributed by atoms with Crippen molar-refractivity contribution < 1.29 is 14.7 Å². The number of nitrogens with zero attached hydrogens (tertiary/aromatic N) is 1. The zero-order chi connectivity index (χ0) is 13.9. The van der Waals surface area contributed by atoms with Crippen LogP contribution in [-0.4, -0.2) is 34.5 Å². The molecule has 1 saturated heterocycles. The van der Waals surface area contributed by atoms with Crippen LogP contribution in [0.4, 0.5) is 0 Å². The Kier molecular flexibility index (Phi) is 4.61. The number of carbonyl (C=O) groups excluding carboxylic acids is 2. The number of hydrogen-bond acceptors (Lipinski definition) is 3. The van der Waals surface area contributed by atoms with Crippen molar-refractivity contribution in [3.05, 3.63) is 0 Å². The molecule has 4 nitrogen and oxygen atoms in total. The van der Waals surface area contributed by atoms with Crippen LogP contribution in [0, 0.1) is 5.41 Å². The van der Waals surface area contributed by atoms with E-state index in [1.807, 2.05) is 6.92 Å². The molecule has 1 N–H and O–H groups in total. The first-order valence-electron chi connectivity index (χ1n) is 7.62. The SMILES string of the molecule is CCC(O)CCN1C(=O)CC2(CCCCCC2)C1=O. The molecular weight excluding hydrogens is 242 g/mol. The van der Waals surface area contributed by atoms with Crippen LogP contribution in [0.3, 0.4) is 0 Å². The smallest absolute Gasteiger partial charge is 0.235 e. The number of likely N-dealkylation sites (tertiary alicyclic amines) is 1. The maximum Gasteiger partial charge on any atom is 0.235 e. The predicted octanol–water partition coefficient (Wildman–Crippen LogP) is 2.25. The van der Waals surface area contributed by atoms with Crippen molar-refractivity contribution in [2.24, 2.45) is 5.41 Å². The highest BCUT2D eigenvalue weighted by Crippen LogP contribution is 2.44. The molecule has 108 valence electrons. The molecule has 4 heteroatoms. The van der Waals surface area contributed by atoms with E-state index in [1.54, 1.807) is 0 Å². The van der Waals surface area contributed by atoms with E-state index in [4.69, 9.17) is 0 Å². The summed E-state index contributed by atoms with van der Waals surface area (Å²) < 4.78 is 0. The first-order chi connectivity index (χ1) is 9.09. The fourth-order valence-corrected chi connectivity index (χ4v) is 3.36. The van der Waals surface area contributed by atoms with Gasteiger partial charge in [0.25, 0.3) is 0 Å². The number of rotatable bonds is 4. The lowest BCUT2D eigenvalue weighted by molar-refractivity contribution is -0.142. The molecule has 19 heavy (non-hydrogen) atoms. The summed E-state index contributed by atoms with van der Waals surface area (Å²) >= 11 is 0. The number of imide groups is 1. The Hall–Kier alpha value is -0.900. The third-order valence-corrected chi connectivity index (χ3v) is 4.71. The monoisotopic (exact) mass is 267 g/mol. The first kappa shape index (κ1) is 14.5. The highest BCUT2D eigenvalue weighted by molar-refractivity contribution is 6.05. The van der Waals surface area contributed by atoms with Crippen molar-refractivity contribution >= 4 is 11.8 Å². The fraction of sp³-hybridized carbons (Fsp3) is 0.867. The Morgan fingerprint density at radius 3 is 2.42 bits per heavy atom. The Labute approximate surface area is 115 Å². The maximum atomic E-state index is 12.6. The highest BCUT2D eigenvalue weighted by Gasteiger charge is 2.50. The summed E-state index contributed by atoms with van der Waals surface area (Å²) in [7, 11) is 0. The summed E-state index contributed by atoms with van der Waals surface area (Å²) in [6.45, 7) is 2.29. The molecule has 1 saturated carbocycles. The van der Waals surface area contributed by atoms with Crippen molar-refractivity contribution in [1.82, 2.24) is 4.90 Å². The zero-order valence-electron chi connectivity index (χ0n) is 11.9. The lowest BCUT2D eigenvalue weighted by Gasteiger charge is -2.25. The number of amides is 2. The third-order valence-electron chi connectivity index (χ3n) is 4.71. The van der Waals surface area contributed by atoms with Gasteiger partial charge in [-0.25, -0.2) is 0 Å². The van der Waals surface area contributed by atoms with Gasteiger partial charge in [0.1, 0.15) is 0 Å². The largest absolute Gasteiger partial charge is 0.393 e. The fourth-order valence-electron chi connectivity index (χ4n) is 3.36. The maximum absolute atomic E-state index is 12.6. The summed E-state index contributed by atoms with van der Waals surface area (Å²) in [5.74, 6) is -0.00194. The second kappa shape index (κ2) is 6.04. The zero-order valence-corrected chi connectivity index (χ0v) is 11.9. The topological polar surface area (TPSA) is 57.6 Å². The third kappa shape index (κ3) is 2.99. The molecule has 1 unspecified atom stereocenters. The molecule has 0 aromatic rings. The summed E-state index contributed by atoms with van der Waals surface area (Å²) in [4.78, 5) is 26.1. The Morgan fingerprint density at radius 2 is 1.84 bits per heavy atom. The van der Waals surface area contributed by atoms with Crippen LogP contribution < -0.4 is 0 Å². The van der Waals surface area contributed by atoms with Gasteiger partial charge in [0, 0.05) is 13.0 Å². The van der Waals surface area contributed by atoms with Crippen molar-refractivity contribution in [2.75, 3.05) is 6.54 Å². The standard InChI is InChI=1S/C15H25NO3/c1-2-12(17)7-10-16-13(18)11-15(14(16)19)8-5-3-4-6-9-15/h12,17H,2-11H2,1H3. The van der Waals surface area contributed by atoms with Gasteiger partial charge in [-0.05, 0) is 25.7 Å². The average molecular weight is 267 g/mol. The molecule has 0 aromatic heterocycles. The number of hydrogen-bond donors (Lipinski definition) is 1. The van der Waals surface area contributed by atoms with Gasteiger partial charge in [-0.3, -0.25) is 14.5 Å². The van der Waals surface area contributed by atoms with Crippen LogP contribution in [0.15, 0.2) is 0 Å². The van der Waals surface area contributed by atoms with E-state index in [0.29, 0.717) is 25.8 Å². The normalized spacial score (nSPS) is 24.8. The lowest BCUT2D eigenvalue weighted by Crippen LogP contribution is -2.37. The van der Waals surface area contributed by atoms with E-state index >= 15 is 0 Å². The van der Waals surface area contributed by atoms with Crippen LogP contribution in [0.1, 0.15) is 64.7 Å². The summed E-state index contributed by atoms with van der Waals surface area (Å²) in [5, 5.41) is 9.59.